The van der Waals surface area contributed by atoms with Crippen LogP contribution in [-0.4, -0.2) is 56.3 Å². The van der Waals surface area contributed by atoms with E-state index in [-0.39, 0.29) is 17.8 Å². The number of carboxylic acid groups (broad SMARTS) is 1. The number of hydrogen-bond donors (Lipinski definition) is 2. The van der Waals surface area contributed by atoms with Crippen molar-refractivity contribution in [2.75, 3.05) is 18.1 Å². The Balaban J connectivity index is 1.74. The van der Waals surface area contributed by atoms with Gasteiger partial charge in [-0.3, -0.25) is 9.59 Å². The largest absolute Gasteiger partial charge is 0.481 e. The van der Waals surface area contributed by atoms with E-state index in [1.165, 1.54) is 29.9 Å². The smallest absolute Gasteiger partial charge is 0.313 e. The van der Waals surface area contributed by atoms with E-state index in [2.05, 4.69) is 4.98 Å². The van der Waals surface area contributed by atoms with E-state index in [9.17, 15) is 14.7 Å². The minimum Gasteiger partial charge on any atom is -0.481 e. The Hall–Kier alpha value is -1.19. The first kappa shape index (κ1) is 14.7. The molecule has 0 saturated carbocycles. The van der Waals surface area contributed by atoms with Crippen LogP contribution < -0.4 is 5.73 Å². The van der Waals surface area contributed by atoms with E-state index in [0.717, 1.165) is 5.69 Å². The summed E-state index contributed by atoms with van der Waals surface area (Å²) in [6.07, 6.45) is 1.34. The first-order valence-electron chi connectivity index (χ1n) is 6.38. The zero-order valence-corrected chi connectivity index (χ0v) is 12.9. The number of nitrogens with zero attached hydrogens (tertiary/aromatic N) is 2. The van der Waals surface area contributed by atoms with Gasteiger partial charge in [-0.1, -0.05) is 11.8 Å². The van der Waals surface area contributed by atoms with Gasteiger partial charge in [0.2, 0.25) is 5.91 Å². The molecule has 114 valence electrons. The van der Waals surface area contributed by atoms with Crippen LogP contribution in [0.1, 0.15) is 5.69 Å². The van der Waals surface area contributed by atoms with Crippen LogP contribution in [0.5, 0.6) is 0 Å². The summed E-state index contributed by atoms with van der Waals surface area (Å²) < 4.78 is 5.23. The average molecular weight is 329 g/mol. The lowest BCUT2D eigenvalue weighted by molar-refractivity contribution is -0.155. The number of β-lactam (4-membered cyclic amide) rings is 1. The van der Waals surface area contributed by atoms with Gasteiger partial charge in [0.05, 0.1) is 5.69 Å². The molecule has 0 aliphatic carbocycles. The van der Waals surface area contributed by atoms with Crippen molar-refractivity contribution >= 4 is 35.4 Å². The van der Waals surface area contributed by atoms with Crippen LogP contribution in [0, 0.1) is 12.3 Å². The quantitative estimate of drug-likeness (QED) is 0.603. The van der Waals surface area contributed by atoms with Gasteiger partial charge >= 0.3 is 5.97 Å². The summed E-state index contributed by atoms with van der Waals surface area (Å²) in [5, 5.41) is 10.2. The summed E-state index contributed by atoms with van der Waals surface area (Å²) in [4.78, 5) is 29.1. The number of hydrogen-bond acceptors (Lipinski definition) is 7. The summed E-state index contributed by atoms with van der Waals surface area (Å²) in [7, 11) is 0. The fraction of sp³-hybridized carbons (Fsp3) is 0.583. The first-order chi connectivity index (χ1) is 9.94. The fourth-order valence-corrected chi connectivity index (χ4v) is 5.16. The van der Waals surface area contributed by atoms with Gasteiger partial charge in [0, 0.05) is 18.1 Å². The molecule has 2 aliphatic heterocycles. The zero-order chi connectivity index (χ0) is 15.2. The van der Waals surface area contributed by atoms with E-state index >= 15 is 0 Å². The minimum atomic E-state index is -0.985. The molecule has 3 atom stereocenters. The van der Waals surface area contributed by atoms with Gasteiger partial charge in [-0.05, 0) is 6.92 Å². The van der Waals surface area contributed by atoms with Crippen LogP contribution in [0.2, 0.25) is 0 Å². The molecule has 2 unspecified atom stereocenters. The van der Waals surface area contributed by atoms with Crippen molar-refractivity contribution in [2.24, 2.45) is 11.1 Å². The molecule has 3 N–H and O–H groups in total. The van der Waals surface area contributed by atoms with Gasteiger partial charge < -0.3 is 20.2 Å². The van der Waals surface area contributed by atoms with Crippen molar-refractivity contribution in [3.05, 3.63) is 12.1 Å². The van der Waals surface area contributed by atoms with Gasteiger partial charge in [0.25, 0.3) is 0 Å². The molecule has 2 fully saturated rings. The third-order valence-electron chi connectivity index (χ3n) is 3.82. The van der Waals surface area contributed by atoms with Crippen LogP contribution in [0.15, 0.2) is 15.9 Å². The lowest BCUT2D eigenvalue weighted by Gasteiger charge is -2.52. The third-order valence-corrected chi connectivity index (χ3v) is 6.78. The molecule has 0 spiro atoms. The molecule has 3 heterocycles. The average Bonchev–Trinajstić information content (AvgIpc) is 2.89. The number of fused-ring (bicyclic) bond motifs is 1. The van der Waals surface area contributed by atoms with Gasteiger partial charge in [-0.15, -0.1) is 11.8 Å². The Morgan fingerprint density at radius 2 is 2.52 bits per heavy atom. The molecule has 21 heavy (non-hydrogen) atoms. The number of aromatic nitrogens is 1. The molecule has 2 aliphatic rings. The van der Waals surface area contributed by atoms with E-state index < -0.39 is 17.4 Å². The van der Waals surface area contributed by atoms with Crippen molar-refractivity contribution in [1.29, 1.82) is 0 Å². The Morgan fingerprint density at radius 1 is 1.76 bits per heavy atom. The van der Waals surface area contributed by atoms with E-state index in [4.69, 9.17) is 10.2 Å². The molecule has 0 aromatic carbocycles. The molecule has 2 saturated heterocycles. The topological polar surface area (TPSA) is 110 Å². The van der Waals surface area contributed by atoms with Crippen LogP contribution >= 0.6 is 23.5 Å². The lowest BCUT2D eigenvalue weighted by atomic mass is 9.89. The Kier molecular flexibility index (Phi) is 3.66. The number of aliphatic carboxylic acids is 1. The number of nitrogens with two attached hydrogens (primary N) is 1. The highest BCUT2D eigenvalue weighted by atomic mass is 32.2. The predicted octanol–water partition coefficient (Wildman–Crippen LogP) is 0.389. The third kappa shape index (κ3) is 2.33. The van der Waals surface area contributed by atoms with Gasteiger partial charge in [0.15, 0.2) is 11.5 Å². The predicted molar refractivity (Wildman–Crippen MR) is 78.0 cm³/mol. The zero-order valence-electron chi connectivity index (χ0n) is 11.3. The van der Waals surface area contributed by atoms with Crippen LogP contribution in [0.4, 0.5) is 0 Å². The van der Waals surface area contributed by atoms with Gasteiger partial charge in [0.1, 0.15) is 16.8 Å². The highest BCUT2D eigenvalue weighted by Gasteiger charge is 2.55. The Bertz CT molecular complexity index is 593. The highest BCUT2D eigenvalue weighted by Crippen LogP contribution is 2.44. The van der Waals surface area contributed by atoms with E-state index in [1.54, 1.807) is 4.90 Å². The maximum atomic E-state index is 11.8. The van der Waals surface area contributed by atoms with E-state index in [0.29, 0.717) is 16.6 Å². The van der Waals surface area contributed by atoms with Gasteiger partial charge in [-0.25, -0.2) is 4.98 Å². The Labute approximate surface area is 129 Å². The molecular formula is C12H15N3O4S2. The number of thioether (sulfide) groups is 2. The molecule has 1 amide bonds. The monoisotopic (exact) mass is 329 g/mol. The first-order valence-corrected chi connectivity index (χ1v) is 8.42. The summed E-state index contributed by atoms with van der Waals surface area (Å²) in [5.74, 6) is -0.299. The van der Waals surface area contributed by atoms with Gasteiger partial charge in [-0.2, -0.15) is 0 Å². The molecule has 9 heteroatoms. The maximum absolute atomic E-state index is 11.8. The van der Waals surface area contributed by atoms with Crippen LogP contribution in [0.3, 0.4) is 0 Å². The standard InChI is InChI=1S/C12H15N3O4S2/c1-6-10(19-5-14-6)21-4-12(11(17)18)2-15-8(16)7(13)9(15)20-3-12/h5,7,9H,2-4,13H2,1H3,(H,17,18)/t7?,9-,12?/m1/s1. The highest BCUT2D eigenvalue weighted by molar-refractivity contribution is 8.00. The summed E-state index contributed by atoms with van der Waals surface area (Å²) >= 11 is 2.77. The van der Waals surface area contributed by atoms with E-state index in [1.807, 2.05) is 6.92 Å². The molecule has 1 aromatic rings. The number of carbonyl (C=O) groups excluding carboxylic acids is 1. The van der Waals surface area contributed by atoms with Crippen molar-refractivity contribution in [2.45, 2.75) is 23.4 Å². The number of carbonyl (C=O) groups is 2. The fourth-order valence-electron chi connectivity index (χ4n) is 2.44. The molecule has 0 radical (unpaired) electrons. The second-order valence-electron chi connectivity index (χ2n) is 5.29. The molecule has 3 rings (SSSR count). The molecule has 0 bridgehead atoms. The van der Waals surface area contributed by atoms with Crippen molar-refractivity contribution in [3.63, 3.8) is 0 Å². The normalized spacial score (nSPS) is 31.7. The van der Waals surface area contributed by atoms with Crippen molar-refractivity contribution in [3.8, 4) is 0 Å². The van der Waals surface area contributed by atoms with Crippen LogP contribution in [0.25, 0.3) is 0 Å². The summed E-state index contributed by atoms with van der Waals surface area (Å²) in [5.41, 5.74) is 5.48. The van der Waals surface area contributed by atoms with Crippen molar-refractivity contribution in [1.82, 2.24) is 9.88 Å². The lowest BCUT2D eigenvalue weighted by Crippen LogP contribution is -2.72. The molecular weight excluding hydrogens is 314 g/mol. The summed E-state index contributed by atoms with van der Waals surface area (Å²) in [6, 6.07) is -0.494. The molecule has 1 aromatic heterocycles. The number of aryl methyl sites for hydroxylation is 1. The number of rotatable bonds is 4. The van der Waals surface area contributed by atoms with Crippen molar-refractivity contribution < 1.29 is 19.1 Å². The summed E-state index contributed by atoms with van der Waals surface area (Å²) in [6.45, 7) is 2.01. The minimum absolute atomic E-state index is 0.0815. The molecule has 7 nitrogen and oxygen atoms in total. The second-order valence-corrected chi connectivity index (χ2v) is 7.35. The SMILES string of the molecule is Cc1ncoc1SCC1(C(=O)O)CS[C@@H]2C(N)C(=O)N2C1. The number of oxazole rings is 1. The van der Waals surface area contributed by atoms with Crippen LogP contribution in [-0.2, 0) is 9.59 Å². The Morgan fingerprint density at radius 3 is 3.14 bits per heavy atom. The second kappa shape index (κ2) is 5.22. The number of carboxylic acids is 1. The maximum Gasteiger partial charge on any atom is 0.313 e. The number of amides is 1.